The number of nitrogens with zero attached hydrogens (tertiary/aromatic N) is 1. The topological polar surface area (TPSA) is 38.5 Å². The Bertz CT molecular complexity index is 350. The molecule has 1 aromatic rings. The average molecular weight is 234 g/mol. The minimum Gasteiger partial charge on any atom is -0.399 e. The molecule has 0 aliphatic carbocycles. The predicted molar refractivity (Wildman–Crippen MR) is 70.9 cm³/mol. The molecule has 0 aromatic heterocycles. The number of likely N-dealkylation sites (tertiary alicyclic amines) is 1. The average Bonchev–Trinajstić information content (AvgIpc) is 2.39. The maximum absolute atomic E-state index is 5.72. The van der Waals surface area contributed by atoms with Crippen LogP contribution in [0.2, 0.25) is 0 Å². The van der Waals surface area contributed by atoms with Crippen LogP contribution >= 0.6 is 0 Å². The molecule has 1 fully saturated rings. The van der Waals surface area contributed by atoms with Crippen LogP contribution in [0.5, 0.6) is 0 Å². The van der Waals surface area contributed by atoms with E-state index in [1.807, 2.05) is 19.2 Å². The minimum absolute atomic E-state index is 0.389. The zero-order valence-electron chi connectivity index (χ0n) is 10.7. The molecule has 2 rings (SSSR count). The van der Waals surface area contributed by atoms with E-state index in [1.165, 1.54) is 18.4 Å². The molecule has 3 heteroatoms. The third-order valence-corrected chi connectivity index (χ3v) is 3.71. The summed E-state index contributed by atoms with van der Waals surface area (Å²) in [6.45, 7) is 4.44. The van der Waals surface area contributed by atoms with Crippen molar-refractivity contribution in [3.8, 4) is 0 Å². The van der Waals surface area contributed by atoms with Crippen molar-refractivity contribution in [2.24, 2.45) is 0 Å². The van der Waals surface area contributed by atoms with Gasteiger partial charge in [0.05, 0.1) is 6.10 Å². The Morgan fingerprint density at radius 1 is 1.35 bits per heavy atom. The summed E-state index contributed by atoms with van der Waals surface area (Å²) >= 11 is 0. The number of rotatable bonds is 3. The van der Waals surface area contributed by atoms with Gasteiger partial charge in [-0.2, -0.15) is 0 Å². The minimum atomic E-state index is 0.389. The maximum Gasteiger partial charge on any atom is 0.0698 e. The summed E-state index contributed by atoms with van der Waals surface area (Å²) in [6, 6.07) is 8.63. The lowest BCUT2D eigenvalue weighted by atomic mass is 10.0. The molecule has 1 aliphatic rings. The molecule has 0 spiro atoms. The molecule has 2 atom stereocenters. The van der Waals surface area contributed by atoms with E-state index in [2.05, 4.69) is 24.0 Å². The molecule has 3 nitrogen and oxygen atoms in total. The summed E-state index contributed by atoms with van der Waals surface area (Å²) in [4.78, 5) is 2.49. The van der Waals surface area contributed by atoms with Crippen LogP contribution in [0.4, 0.5) is 5.69 Å². The SMILES string of the molecule is COC1CCCN(C(C)c2ccc(N)cc2)C1. The molecular weight excluding hydrogens is 212 g/mol. The molecule has 17 heavy (non-hydrogen) atoms. The highest BCUT2D eigenvalue weighted by molar-refractivity contribution is 5.40. The van der Waals surface area contributed by atoms with Crippen molar-refractivity contribution in [2.45, 2.75) is 31.9 Å². The van der Waals surface area contributed by atoms with Crippen LogP contribution in [0.3, 0.4) is 0 Å². The summed E-state index contributed by atoms with van der Waals surface area (Å²) in [7, 11) is 1.81. The molecule has 1 aromatic carbocycles. The van der Waals surface area contributed by atoms with Gasteiger partial charge in [-0.05, 0) is 44.0 Å². The summed E-state index contributed by atoms with van der Waals surface area (Å²) in [5, 5.41) is 0. The van der Waals surface area contributed by atoms with E-state index < -0.39 is 0 Å². The third-order valence-electron chi connectivity index (χ3n) is 3.71. The Morgan fingerprint density at radius 2 is 2.06 bits per heavy atom. The molecule has 2 unspecified atom stereocenters. The number of piperidine rings is 1. The monoisotopic (exact) mass is 234 g/mol. The highest BCUT2D eigenvalue weighted by Crippen LogP contribution is 2.25. The summed E-state index contributed by atoms with van der Waals surface area (Å²) in [6.07, 6.45) is 2.79. The predicted octanol–water partition coefficient (Wildman–Crippen LogP) is 2.44. The molecule has 2 N–H and O–H groups in total. The molecule has 1 aliphatic heterocycles. The Hall–Kier alpha value is -1.06. The first kappa shape index (κ1) is 12.4. The second-order valence-electron chi connectivity index (χ2n) is 4.84. The Balaban J connectivity index is 2.03. The Morgan fingerprint density at radius 3 is 2.71 bits per heavy atom. The van der Waals surface area contributed by atoms with E-state index in [-0.39, 0.29) is 0 Å². The van der Waals surface area contributed by atoms with Crippen LogP contribution < -0.4 is 5.73 Å². The quantitative estimate of drug-likeness (QED) is 0.816. The second-order valence-corrected chi connectivity index (χ2v) is 4.84. The van der Waals surface area contributed by atoms with Gasteiger partial charge in [0.2, 0.25) is 0 Å². The van der Waals surface area contributed by atoms with Gasteiger partial charge in [0.25, 0.3) is 0 Å². The number of methoxy groups -OCH3 is 1. The van der Waals surface area contributed by atoms with Gasteiger partial charge in [-0.25, -0.2) is 0 Å². The van der Waals surface area contributed by atoms with Crippen LogP contribution in [0.15, 0.2) is 24.3 Å². The lowest BCUT2D eigenvalue weighted by molar-refractivity contribution is 0.0171. The fourth-order valence-electron chi connectivity index (χ4n) is 2.50. The van der Waals surface area contributed by atoms with Crippen LogP contribution in [0.1, 0.15) is 31.4 Å². The number of benzene rings is 1. The second kappa shape index (κ2) is 5.52. The van der Waals surface area contributed by atoms with E-state index in [1.54, 1.807) is 0 Å². The standard InChI is InChI=1S/C14H22N2O/c1-11(12-5-7-13(15)8-6-12)16-9-3-4-14(10-16)17-2/h5-8,11,14H,3-4,9-10,15H2,1-2H3. The molecule has 0 amide bonds. The summed E-state index contributed by atoms with van der Waals surface area (Å²) in [5.74, 6) is 0. The fraction of sp³-hybridized carbons (Fsp3) is 0.571. The van der Waals surface area contributed by atoms with Gasteiger partial charge >= 0.3 is 0 Å². The van der Waals surface area contributed by atoms with Crippen molar-refractivity contribution < 1.29 is 4.74 Å². The first-order valence-electron chi connectivity index (χ1n) is 6.33. The van der Waals surface area contributed by atoms with Crippen molar-refractivity contribution in [2.75, 3.05) is 25.9 Å². The number of ether oxygens (including phenoxy) is 1. The molecule has 0 bridgehead atoms. The van der Waals surface area contributed by atoms with Crippen molar-refractivity contribution in [1.82, 2.24) is 4.90 Å². The van der Waals surface area contributed by atoms with Gasteiger partial charge in [0, 0.05) is 25.4 Å². The number of hydrogen-bond acceptors (Lipinski definition) is 3. The van der Waals surface area contributed by atoms with Gasteiger partial charge in [-0.1, -0.05) is 12.1 Å². The number of anilines is 1. The van der Waals surface area contributed by atoms with Crippen molar-refractivity contribution in [3.63, 3.8) is 0 Å². The molecule has 1 saturated heterocycles. The lowest BCUT2D eigenvalue weighted by Crippen LogP contribution is -2.40. The highest BCUT2D eigenvalue weighted by Gasteiger charge is 2.23. The molecule has 94 valence electrons. The number of nitrogen functional groups attached to an aromatic ring is 1. The third kappa shape index (κ3) is 2.99. The normalized spacial score (nSPS) is 23.5. The summed E-state index contributed by atoms with van der Waals surface area (Å²) in [5.41, 5.74) is 7.87. The van der Waals surface area contributed by atoms with Crippen LogP contribution in [0, 0.1) is 0 Å². The van der Waals surface area contributed by atoms with Crippen LogP contribution in [-0.4, -0.2) is 31.2 Å². The summed E-state index contributed by atoms with van der Waals surface area (Å²) < 4.78 is 5.46. The smallest absolute Gasteiger partial charge is 0.0698 e. The van der Waals surface area contributed by atoms with Gasteiger partial charge in [0.15, 0.2) is 0 Å². The van der Waals surface area contributed by atoms with Crippen molar-refractivity contribution >= 4 is 5.69 Å². The zero-order valence-corrected chi connectivity index (χ0v) is 10.7. The lowest BCUT2D eigenvalue weighted by Gasteiger charge is -2.36. The zero-order chi connectivity index (χ0) is 12.3. The van der Waals surface area contributed by atoms with Gasteiger partial charge in [-0.3, -0.25) is 4.90 Å². The first-order chi connectivity index (χ1) is 8.20. The van der Waals surface area contributed by atoms with Gasteiger partial charge in [-0.15, -0.1) is 0 Å². The van der Waals surface area contributed by atoms with Crippen molar-refractivity contribution in [3.05, 3.63) is 29.8 Å². The molecule has 0 radical (unpaired) electrons. The maximum atomic E-state index is 5.72. The Kier molecular flexibility index (Phi) is 4.02. The number of hydrogen-bond donors (Lipinski definition) is 1. The Labute approximate surface area is 104 Å². The first-order valence-corrected chi connectivity index (χ1v) is 6.33. The van der Waals surface area contributed by atoms with Gasteiger partial charge < -0.3 is 10.5 Å². The van der Waals surface area contributed by atoms with Gasteiger partial charge in [0.1, 0.15) is 0 Å². The van der Waals surface area contributed by atoms with Crippen LogP contribution in [-0.2, 0) is 4.74 Å². The highest BCUT2D eigenvalue weighted by atomic mass is 16.5. The molecular formula is C14H22N2O. The van der Waals surface area contributed by atoms with Crippen LogP contribution in [0.25, 0.3) is 0 Å². The number of nitrogens with two attached hydrogens (primary N) is 1. The molecule has 0 saturated carbocycles. The van der Waals surface area contributed by atoms with Crippen molar-refractivity contribution in [1.29, 1.82) is 0 Å². The van der Waals surface area contributed by atoms with E-state index in [9.17, 15) is 0 Å². The van der Waals surface area contributed by atoms with E-state index in [0.29, 0.717) is 12.1 Å². The van der Waals surface area contributed by atoms with E-state index in [0.717, 1.165) is 18.8 Å². The molecule has 1 heterocycles. The largest absolute Gasteiger partial charge is 0.399 e. The fourth-order valence-corrected chi connectivity index (χ4v) is 2.50. The van der Waals surface area contributed by atoms with E-state index in [4.69, 9.17) is 10.5 Å². The van der Waals surface area contributed by atoms with E-state index >= 15 is 0 Å².